The van der Waals surface area contributed by atoms with Gasteiger partial charge in [0.25, 0.3) is 5.91 Å². The predicted octanol–water partition coefficient (Wildman–Crippen LogP) is 6.44. The van der Waals surface area contributed by atoms with Gasteiger partial charge in [-0.2, -0.15) is 0 Å². The van der Waals surface area contributed by atoms with Crippen molar-refractivity contribution in [3.05, 3.63) is 77.5 Å². The number of rotatable bonds is 2. The average molecular weight is 394 g/mol. The van der Waals surface area contributed by atoms with Crippen molar-refractivity contribution in [3.8, 4) is 0 Å². The smallest absolute Gasteiger partial charge is 0.255 e. The van der Waals surface area contributed by atoms with E-state index in [1.807, 2.05) is 60.7 Å². The van der Waals surface area contributed by atoms with Crippen molar-refractivity contribution >= 4 is 44.4 Å². The molecule has 30 heavy (non-hydrogen) atoms. The van der Waals surface area contributed by atoms with Crippen LogP contribution in [0.15, 0.2) is 65.1 Å². The number of aromatic amines is 1. The molecule has 1 aliphatic rings. The number of aryl methyl sites for hydroxylation is 1. The molecular weight excluding hydrogens is 372 g/mol. The quantitative estimate of drug-likeness (QED) is 0.362. The van der Waals surface area contributed by atoms with E-state index in [0.717, 1.165) is 46.0 Å². The molecule has 2 aromatic heterocycles. The highest BCUT2D eigenvalue weighted by Crippen LogP contribution is 2.33. The molecule has 0 radical (unpaired) electrons. The predicted molar refractivity (Wildman–Crippen MR) is 121 cm³/mol. The second-order valence-electron chi connectivity index (χ2n) is 8.45. The average Bonchev–Trinajstić information content (AvgIpc) is 3.31. The highest BCUT2D eigenvalue weighted by molar-refractivity contribution is 6.10. The largest absolute Gasteiger partial charge is 0.456 e. The molecule has 0 saturated heterocycles. The number of benzene rings is 3. The van der Waals surface area contributed by atoms with Crippen LogP contribution in [0.3, 0.4) is 0 Å². The summed E-state index contributed by atoms with van der Waals surface area (Å²) in [6, 6.07) is 19.7. The summed E-state index contributed by atoms with van der Waals surface area (Å²) in [5, 5.41) is 6.30. The van der Waals surface area contributed by atoms with E-state index in [-0.39, 0.29) is 5.91 Å². The van der Waals surface area contributed by atoms with Gasteiger partial charge in [-0.15, -0.1) is 0 Å². The molecule has 1 atom stereocenters. The Morgan fingerprint density at radius 2 is 1.87 bits per heavy atom. The summed E-state index contributed by atoms with van der Waals surface area (Å²) in [5.74, 6) is 0.591. The van der Waals surface area contributed by atoms with Crippen LogP contribution in [0.25, 0.3) is 32.8 Å². The second-order valence-corrected chi connectivity index (χ2v) is 8.45. The number of para-hydroxylation sites is 1. The van der Waals surface area contributed by atoms with Gasteiger partial charge < -0.3 is 14.7 Å². The van der Waals surface area contributed by atoms with E-state index in [0.29, 0.717) is 11.5 Å². The molecule has 148 valence electrons. The van der Waals surface area contributed by atoms with Gasteiger partial charge in [-0.3, -0.25) is 4.79 Å². The first-order valence-corrected chi connectivity index (χ1v) is 10.5. The molecule has 6 rings (SSSR count). The topological polar surface area (TPSA) is 58.0 Å². The molecule has 1 amide bonds. The molecule has 2 N–H and O–H groups in total. The molecule has 0 saturated carbocycles. The molecule has 0 aliphatic heterocycles. The second kappa shape index (κ2) is 6.49. The summed E-state index contributed by atoms with van der Waals surface area (Å²) in [6.45, 7) is 2.30. The SMILES string of the molecule is C[C@H]1CCc2[nH]c3ccc(C(=O)Nc4ccc5oc6ccccc6c5c4)cc3c2C1. The number of anilines is 1. The fraction of sp³-hybridized carbons (Fsp3) is 0.192. The minimum Gasteiger partial charge on any atom is -0.456 e. The van der Waals surface area contributed by atoms with Crippen LogP contribution in [0.1, 0.15) is 35.0 Å². The molecular formula is C26H22N2O2. The normalized spacial score (nSPS) is 16.2. The number of fused-ring (bicyclic) bond motifs is 6. The summed E-state index contributed by atoms with van der Waals surface area (Å²) in [5.41, 5.74) is 6.96. The molecule has 0 bridgehead atoms. The number of aromatic nitrogens is 1. The Morgan fingerprint density at radius 3 is 2.80 bits per heavy atom. The number of carbonyl (C=O) groups excluding carboxylic acids is 1. The summed E-state index contributed by atoms with van der Waals surface area (Å²) in [4.78, 5) is 16.5. The molecule has 0 unspecified atom stereocenters. The monoisotopic (exact) mass is 394 g/mol. The minimum atomic E-state index is -0.0946. The number of amides is 1. The molecule has 0 fully saturated rings. The highest BCUT2D eigenvalue weighted by Gasteiger charge is 2.20. The van der Waals surface area contributed by atoms with Gasteiger partial charge in [0.15, 0.2) is 0 Å². The Morgan fingerprint density at radius 1 is 1.00 bits per heavy atom. The minimum absolute atomic E-state index is 0.0946. The summed E-state index contributed by atoms with van der Waals surface area (Å²) in [7, 11) is 0. The van der Waals surface area contributed by atoms with Crippen LogP contribution in [0.5, 0.6) is 0 Å². The number of hydrogen-bond acceptors (Lipinski definition) is 2. The summed E-state index contributed by atoms with van der Waals surface area (Å²) < 4.78 is 5.88. The summed E-state index contributed by atoms with van der Waals surface area (Å²) >= 11 is 0. The third-order valence-corrected chi connectivity index (χ3v) is 6.33. The number of nitrogens with one attached hydrogen (secondary N) is 2. The van der Waals surface area contributed by atoms with Crippen LogP contribution >= 0.6 is 0 Å². The van der Waals surface area contributed by atoms with E-state index >= 15 is 0 Å². The van der Waals surface area contributed by atoms with E-state index < -0.39 is 0 Å². The van der Waals surface area contributed by atoms with E-state index in [9.17, 15) is 4.79 Å². The lowest BCUT2D eigenvalue weighted by atomic mass is 9.87. The van der Waals surface area contributed by atoms with Gasteiger partial charge in [0, 0.05) is 38.6 Å². The molecule has 4 heteroatoms. The standard InChI is InChI=1S/C26H22N2O2/c1-15-6-9-22-19(12-15)20-13-16(7-10-23(20)28-22)26(29)27-17-8-11-25-21(14-17)18-4-2-3-5-24(18)30-25/h2-5,7-8,10-11,13-15,28H,6,9,12H2,1H3,(H,27,29)/t15-/m0/s1. The number of H-pyrrole nitrogens is 1. The first kappa shape index (κ1) is 17.3. The summed E-state index contributed by atoms with van der Waals surface area (Å²) in [6.07, 6.45) is 3.38. The zero-order valence-corrected chi connectivity index (χ0v) is 16.8. The molecule has 2 heterocycles. The zero-order valence-electron chi connectivity index (χ0n) is 16.8. The van der Waals surface area contributed by atoms with E-state index in [1.54, 1.807) is 0 Å². The van der Waals surface area contributed by atoms with E-state index in [4.69, 9.17) is 4.42 Å². The first-order chi connectivity index (χ1) is 14.7. The lowest BCUT2D eigenvalue weighted by Gasteiger charge is -2.18. The maximum absolute atomic E-state index is 13.0. The fourth-order valence-electron chi connectivity index (χ4n) is 4.74. The molecule has 1 aliphatic carbocycles. The Bertz CT molecular complexity index is 1440. The van der Waals surface area contributed by atoms with Crippen LogP contribution < -0.4 is 5.32 Å². The number of carbonyl (C=O) groups is 1. The van der Waals surface area contributed by atoms with Crippen molar-refractivity contribution in [1.29, 1.82) is 0 Å². The van der Waals surface area contributed by atoms with Crippen LogP contribution in [0.4, 0.5) is 5.69 Å². The molecule has 0 spiro atoms. The highest BCUT2D eigenvalue weighted by atomic mass is 16.3. The fourth-order valence-corrected chi connectivity index (χ4v) is 4.74. The van der Waals surface area contributed by atoms with Gasteiger partial charge in [0.1, 0.15) is 11.2 Å². The van der Waals surface area contributed by atoms with Gasteiger partial charge >= 0.3 is 0 Å². The zero-order chi connectivity index (χ0) is 20.2. The Balaban J connectivity index is 1.35. The first-order valence-electron chi connectivity index (χ1n) is 10.5. The molecule has 5 aromatic rings. The molecule has 3 aromatic carbocycles. The Kier molecular flexibility index (Phi) is 3.75. The van der Waals surface area contributed by atoms with Gasteiger partial charge in [-0.25, -0.2) is 0 Å². The van der Waals surface area contributed by atoms with Crippen LogP contribution in [0, 0.1) is 5.92 Å². The maximum Gasteiger partial charge on any atom is 0.255 e. The van der Waals surface area contributed by atoms with Gasteiger partial charge in [0.05, 0.1) is 0 Å². The third kappa shape index (κ3) is 2.71. The van der Waals surface area contributed by atoms with Gasteiger partial charge in [-0.1, -0.05) is 25.1 Å². The lowest BCUT2D eigenvalue weighted by Crippen LogP contribution is -2.12. The van der Waals surface area contributed by atoms with Crippen molar-refractivity contribution in [3.63, 3.8) is 0 Å². The van der Waals surface area contributed by atoms with Crippen LogP contribution in [0.2, 0.25) is 0 Å². The van der Waals surface area contributed by atoms with Crippen molar-refractivity contribution in [2.75, 3.05) is 5.32 Å². The maximum atomic E-state index is 13.0. The number of hydrogen-bond donors (Lipinski definition) is 2. The van der Waals surface area contributed by atoms with Crippen molar-refractivity contribution in [2.45, 2.75) is 26.2 Å². The van der Waals surface area contributed by atoms with Crippen LogP contribution in [-0.2, 0) is 12.8 Å². The van der Waals surface area contributed by atoms with Gasteiger partial charge in [-0.05, 0) is 73.2 Å². The van der Waals surface area contributed by atoms with E-state index in [2.05, 4.69) is 17.2 Å². The third-order valence-electron chi connectivity index (χ3n) is 6.33. The van der Waals surface area contributed by atoms with Crippen molar-refractivity contribution in [2.24, 2.45) is 5.92 Å². The van der Waals surface area contributed by atoms with Crippen molar-refractivity contribution in [1.82, 2.24) is 4.98 Å². The van der Waals surface area contributed by atoms with E-state index in [1.165, 1.54) is 23.1 Å². The van der Waals surface area contributed by atoms with Crippen molar-refractivity contribution < 1.29 is 9.21 Å². The van der Waals surface area contributed by atoms with Crippen LogP contribution in [-0.4, -0.2) is 10.9 Å². The Labute approximate surface area is 173 Å². The Hall–Kier alpha value is -3.53. The number of furan rings is 1. The lowest BCUT2D eigenvalue weighted by molar-refractivity contribution is 0.102. The molecule has 4 nitrogen and oxygen atoms in total. The van der Waals surface area contributed by atoms with Gasteiger partial charge in [0.2, 0.25) is 0 Å².